The molecule has 2 rings (SSSR count). The molecule has 2 heteroatoms. The van der Waals surface area contributed by atoms with Gasteiger partial charge < -0.3 is 4.74 Å². The molecule has 1 aromatic rings. The van der Waals surface area contributed by atoms with E-state index in [1.807, 2.05) is 24.3 Å². The van der Waals surface area contributed by atoms with Gasteiger partial charge >= 0.3 is 0 Å². The molecule has 1 saturated carbocycles. The van der Waals surface area contributed by atoms with E-state index in [2.05, 4.69) is 29.7 Å². The van der Waals surface area contributed by atoms with Crippen LogP contribution >= 0.6 is 0 Å². The smallest absolute Gasteiger partial charge is 0.126 e. The number of para-hydroxylation sites is 1. The molecule has 0 amide bonds. The quantitative estimate of drug-likeness (QED) is 0.691. The SMILES string of the molecule is C=CCN(CC=Cc1ccccc1OC)C1CCCC1. The number of nitrogens with zero attached hydrogens (tertiary/aromatic N) is 1. The molecule has 0 radical (unpaired) electrons. The molecule has 0 spiro atoms. The Morgan fingerprint density at radius 2 is 2.00 bits per heavy atom. The Hall–Kier alpha value is -1.54. The fourth-order valence-electron chi connectivity index (χ4n) is 2.93. The van der Waals surface area contributed by atoms with Crippen LogP contribution in [-0.2, 0) is 0 Å². The maximum Gasteiger partial charge on any atom is 0.126 e. The summed E-state index contributed by atoms with van der Waals surface area (Å²) in [6.07, 6.45) is 11.8. The highest BCUT2D eigenvalue weighted by Gasteiger charge is 2.20. The van der Waals surface area contributed by atoms with Gasteiger partial charge in [-0.1, -0.05) is 49.3 Å². The van der Waals surface area contributed by atoms with E-state index in [9.17, 15) is 0 Å². The first-order chi connectivity index (χ1) is 9.85. The van der Waals surface area contributed by atoms with E-state index < -0.39 is 0 Å². The topological polar surface area (TPSA) is 12.5 Å². The van der Waals surface area contributed by atoms with E-state index in [0.717, 1.165) is 30.4 Å². The summed E-state index contributed by atoms with van der Waals surface area (Å²) in [7, 11) is 1.72. The van der Waals surface area contributed by atoms with E-state index in [-0.39, 0.29) is 0 Å². The first-order valence-electron chi connectivity index (χ1n) is 7.49. The average molecular weight is 271 g/mol. The van der Waals surface area contributed by atoms with Gasteiger partial charge in [0.05, 0.1) is 7.11 Å². The van der Waals surface area contributed by atoms with Crippen molar-refractivity contribution >= 4 is 6.08 Å². The second-order valence-corrected chi connectivity index (χ2v) is 5.33. The monoisotopic (exact) mass is 271 g/mol. The van der Waals surface area contributed by atoms with Crippen LogP contribution in [0, 0.1) is 0 Å². The molecule has 1 fully saturated rings. The second-order valence-electron chi connectivity index (χ2n) is 5.33. The Morgan fingerprint density at radius 3 is 2.70 bits per heavy atom. The van der Waals surface area contributed by atoms with Crippen molar-refractivity contribution in [3.05, 3.63) is 48.6 Å². The van der Waals surface area contributed by atoms with Gasteiger partial charge in [-0.3, -0.25) is 4.90 Å². The molecule has 0 aromatic heterocycles. The molecule has 1 aromatic carbocycles. The summed E-state index contributed by atoms with van der Waals surface area (Å²) in [5, 5.41) is 0. The van der Waals surface area contributed by atoms with Gasteiger partial charge in [-0.25, -0.2) is 0 Å². The second kappa shape index (κ2) is 7.91. The first kappa shape index (κ1) is 14.9. The molecule has 0 atom stereocenters. The molecule has 2 nitrogen and oxygen atoms in total. The minimum Gasteiger partial charge on any atom is -0.496 e. The van der Waals surface area contributed by atoms with Crippen molar-refractivity contribution in [3.63, 3.8) is 0 Å². The fourth-order valence-corrected chi connectivity index (χ4v) is 2.93. The maximum atomic E-state index is 5.37. The highest BCUT2D eigenvalue weighted by atomic mass is 16.5. The average Bonchev–Trinajstić information content (AvgIpc) is 3.01. The van der Waals surface area contributed by atoms with Crippen LogP contribution in [0.2, 0.25) is 0 Å². The molecule has 0 N–H and O–H groups in total. The molecule has 108 valence electrons. The number of hydrogen-bond donors (Lipinski definition) is 0. The van der Waals surface area contributed by atoms with Crippen molar-refractivity contribution in [2.24, 2.45) is 0 Å². The maximum absolute atomic E-state index is 5.37. The van der Waals surface area contributed by atoms with Crippen LogP contribution in [0.1, 0.15) is 31.2 Å². The predicted octanol–water partition coefficient (Wildman–Crippen LogP) is 4.14. The lowest BCUT2D eigenvalue weighted by molar-refractivity contribution is 0.244. The highest BCUT2D eigenvalue weighted by molar-refractivity contribution is 5.57. The van der Waals surface area contributed by atoms with E-state index >= 15 is 0 Å². The zero-order chi connectivity index (χ0) is 14.2. The minimum atomic E-state index is 0.732. The van der Waals surface area contributed by atoms with E-state index in [1.54, 1.807) is 7.11 Å². The van der Waals surface area contributed by atoms with Crippen molar-refractivity contribution in [1.82, 2.24) is 4.90 Å². The fraction of sp³-hybridized carbons (Fsp3) is 0.444. The summed E-state index contributed by atoms with van der Waals surface area (Å²) < 4.78 is 5.37. The molecule has 1 aliphatic rings. The predicted molar refractivity (Wildman–Crippen MR) is 86.1 cm³/mol. The molecule has 0 heterocycles. The summed E-state index contributed by atoms with van der Waals surface area (Å²) in [5.41, 5.74) is 1.14. The molecular weight excluding hydrogens is 246 g/mol. The van der Waals surface area contributed by atoms with Crippen molar-refractivity contribution in [3.8, 4) is 5.75 Å². The Bertz CT molecular complexity index is 446. The molecule has 0 saturated heterocycles. The summed E-state index contributed by atoms with van der Waals surface area (Å²) in [4.78, 5) is 2.52. The molecule has 1 aliphatic carbocycles. The summed E-state index contributed by atoms with van der Waals surface area (Å²) in [5.74, 6) is 0.930. The van der Waals surface area contributed by atoms with Gasteiger partial charge in [0.25, 0.3) is 0 Å². The lowest BCUT2D eigenvalue weighted by Crippen LogP contribution is -2.33. The van der Waals surface area contributed by atoms with Gasteiger partial charge in [-0.2, -0.15) is 0 Å². The normalized spacial score (nSPS) is 16.1. The lowest BCUT2D eigenvalue weighted by Gasteiger charge is -2.26. The minimum absolute atomic E-state index is 0.732. The third-order valence-corrected chi connectivity index (χ3v) is 3.98. The lowest BCUT2D eigenvalue weighted by atomic mass is 10.1. The van der Waals surface area contributed by atoms with Gasteiger partial charge in [-0.15, -0.1) is 6.58 Å². The third kappa shape index (κ3) is 3.97. The molecule has 0 aliphatic heterocycles. The number of methoxy groups -OCH3 is 1. The zero-order valence-corrected chi connectivity index (χ0v) is 12.4. The number of benzene rings is 1. The molecule has 20 heavy (non-hydrogen) atoms. The van der Waals surface area contributed by atoms with Crippen LogP contribution in [0.15, 0.2) is 43.0 Å². The first-order valence-corrected chi connectivity index (χ1v) is 7.49. The Labute approximate surface area is 122 Å². The standard InChI is InChI=1S/C18H25NO/c1-3-14-19(17-11-5-6-12-17)15-8-10-16-9-4-7-13-18(16)20-2/h3-4,7-10,13,17H,1,5-6,11-12,14-15H2,2H3. The van der Waals surface area contributed by atoms with E-state index in [0.29, 0.717) is 0 Å². The molecular formula is C18H25NO. The van der Waals surface area contributed by atoms with Gasteiger partial charge in [0.1, 0.15) is 5.75 Å². The van der Waals surface area contributed by atoms with E-state index in [4.69, 9.17) is 4.74 Å². The summed E-state index contributed by atoms with van der Waals surface area (Å²) in [6, 6.07) is 8.86. The van der Waals surface area contributed by atoms with Gasteiger partial charge in [-0.05, 0) is 18.9 Å². The van der Waals surface area contributed by atoms with Crippen molar-refractivity contribution in [2.45, 2.75) is 31.7 Å². The Kier molecular flexibility index (Phi) is 5.87. The van der Waals surface area contributed by atoms with Crippen LogP contribution in [0.5, 0.6) is 5.75 Å². The van der Waals surface area contributed by atoms with Gasteiger partial charge in [0.2, 0.25) is 0 Å². The number of ether oxygens (including phenoxy) is 1. The van der Waals surface area contributed by atoms with Crippen molar-refractivity contribution < 1.29 is 4.74 Å². The molecule has 0 unspecified atom stereocenters. The number of hydrogen-bond acceptors (Lipinski definition) is 2. The number of rotatable bonds is 7. The Balaban J connectivity index is 1.97. The molecule has 0 bridgehead atoms. The van der Waals surface area contributed by atoms with Crippen molar-refractivity contribution in [1.29, 1.82) is 0 Å². The van der Waals surface area contributed by atoms with Crippen molar-refractivity contribution in [2.75, 3.05) is 20.2 Å². The van der Waals surface area contributed by atoms with Gasteiger partial charge in [0, 0.05) is 24.7 Å². The third-order valence-electron chi connectivity index (χ3n) is 3.98. The largest absolute Gasteiger partial charge is 0.496 e. The van der Waals surface area contributed by atoms with E-state index in [1.165, 1.54) is 25.7 Å². The van der Waals surface area contributed by atoms with Crippen LogP contribution < -0.4 is 4.74 Å². The summed E-state index contributed by atoms with van der Waals surface area (Å²) in [6.45, 7) is 5.83. The summed E-state index contributed by atoms with van der Waals surface area (Å²) >= 11 is 0. The Morgan fingerprint density at radius 1 is 1.25 bits per heavy atom. The zero-order valence-electron chi connectivity index (χ0n) is 12.4. The van der Waals surface area contributed by atoms with Gasteiger partial charge in [0.15, 0.2) is 0 Å². The highest BCUT2D eigenvalue weighted by Crippen LogP contribution is 2.24. The van der Waals surface area contributed by atoms with Crippen LogP contribution in [0.25, 0.3) is 6.08 Å². The van der Waals surface area contributed by atoms with Crippen LogP contribution in [-0.4, -0.2) is 31.1 Å². The van der Waals surface area contributed by atoms with Crippen LogP contribution in [0.4, 0.5) is 0 Å². The van der Waals surface area contributed by atoms with Crippen LogP contribution in [0.3, 0.4) is 0 Å².